The maximum Gasteiger partial charge on any atom is 0.115 e. The average Bonchev–Trinajstić information content (AvgIpc) is 2.88. The van der Waals surface area contributed by atoms with Gasteiger partial charge in [0.15, 0.2) is 0 Å². The summed E-state index contributed by atoms with van der Waals surface area (Å²) in [6.45, 7) is 0.756. The molecule has 2 aliphatic carbocycles. The molecule has 2 nitrogen and oxygen atoms in total. The van der Waals surface area contributed by atoms with Crippen LogP contribution in [0.2, 0.25) is 0 Å². The summed E-state index contributed by atoms with van der Waals surface area (Å²) in [6, 6.07) is 0.0855. The quantitative estimate of drug-likeness (QED) is 0.766. The van der Waals surface area contributed by atoms with E-state index in [1.165, 1.54) is 12.8 Å². The van der Waals surface area contributed by atoms with Crippen molar-refractivity contribution in [1.82, 2.24) is 0 Å². The van der Waals surface area contributed by atoms with Crippen molar-refractivity contribution in [2.45, 2.75) is 75.1 Å². The number of hydrogen-bond acceptors (Lipinski definition) is 2. The second-order valence-electron chi connectivity index (χ2n) is 6.47. The second-order valence-corrected chi connectivity index (χ2v) is 6.47. The Morgan fingerprint density at radius 3 is 2.47 bits per heavy atom. The van der Waals surface area contributed by atoms with Gasteiger partial charge in [-0.2, -0.15) is 0 Å². The minimum atomic E-state index is -0.987. The summed E-state index contributed by atoms with van der Waals surface area (Å²) in [5.74, 6) is 0.197. The number of rotatable bonds is 1. The highest BCUT2D eigenvalue weighted by Crippen LogP contribution is 2.50. The van der Waals surface area contributed by atoms with Gasteiger partial charge in [-0.05, 0) is 50.9 Å². The van der Waals surface area contributed by atoms with Crippen molar-refractivity contribution < 1.29 is 9.13 Å². The first-order chi connectivity index (χ1) is 8.12. The van der Waals surface area contributed by atoms with Crippen LogP contribution in [0.5, 0.6) is 0 Å². The molecule has 3 unspecified atom stereocenters. The molecule has 0 aromatic rings. The van der Waals surface area contributed by atoms with Gasteiger partial charge in [0.1, 0.15) is 5.67 Å². The number of ether oxygens (including phenoxy) is 1. The Labute approximate surface area is 103 Å². The number of alkyl halides is 1. The van der Waals surface area contributed by atoms with Crippen LogP contribution in [0.1, 0.15) is 57.8 Å². The summed E-state index contributed by atoms with van der Waals surface area (Å²) in [5, 5.41) is 0. The van der Waals surface area contributed by atoms with Crippen molar-refractivity contribution in [1.29, 1.82) is 0 Å². The monoisotopic (exact) mass is 241 g/mol. The zero-order chi connectivity index (χ0) is 11.9. The van der Waals surface area contributed by atoms with E-state index in [-0.39, 0.29) is 17.6 Å². The van der Waals surface area contributed by atoms with Crippen LogP contribution in [0, 0.1) is 5.92 Å². The number of halogens is 1. The largest absolute Gasteiger partial charge is 0.375 e. The predicted octanol–water partition coefficient (Wildman–Crippen LogP) is 2.95. The third kappa shape index (κ3) is 2.12. The summed E-state index contributed by atoms with van der Waals surface area (Å²) < 4.78 is 20.9. The number of nitrogens with two attached hydrogens (primary N) is 1. The molecule has 3 atom stereocenters. The van der Waals surface area contributed by atoms with Gasteiger partial charge in [0.25, 0.3) is 0 Å². The molecule has 1 heterocycles. The van der Waals surface area contributed by atoms with E-state index in [0.717, 1.165) is 38.7 Å². The molecule has 0 aromatic heterocycles. The van der Waals surface area contributed by atoms with E-state index >= 15 is 0 Å². The van der Waals surface area contributed by atoms with Crippen LogP contribution in [-0.4, -0.2) is 23.9 Å². The molecule has 0 aromatic carbocycles. The van der Waals surface area contributed by atoms with Gasteiger partial charge in [-0.25, -0.2) is 4.39 Å². The fourth-order valence-electron chi connectivity index (χ4n) is 4.27. The van der Waals surface area contributed by atoms with Crippen LogP contribution in [0.15, 0.2) is 0 Å². The van der Waals surface area contributed by atoms with E-state index in [1.807, 2.05) is 0 Å². The minimum absolute atomic E-state index is 0.0364. The van der Waals surface area contributed by atoms with Crippen LogP contribution < -0.4 is 5.73 Å². The molecular weight excluding hydrogens is 217 g/mol. The van der Waals surface area contributed by atoms with E-state index in [4.69, 9.17) is 10.5 Å². The normalized spacial score (nSPS) is 45.5. The SMILES string of the molecule is NC1CCC(F)(C2CCOC3(CCCC3)C2)C1. The van der Waals surface area contributed by atoms with Gasteiger partial charge >= 0.3 is 0 Å². The Balaban J connectivity index is 1.71. The molecule has 3 aliphatic rings. The van der Waals surface area contributed by atoms with Gasteiger partial charge in [-0.15, -0.1) is 0 Å². The Hall–Kier alpha value is -0.150. The van der Waals surface area contributed by atoms with Gasteiger partial charge in [-0.1, -0.05) is 12.8 Å². The van der Waals surface area contributed by atoms with Crippen molar-refractivity contribution in [3.63, 3.8) is 0 Å². The van der Waals surface area contributed by atoms with Crippen molar-refractivity contribution >= 4 is 0 Å². The zero-order valence-electron chi connectivity index (χ0n) is 10.6. The lowest BCUT2D eigenvalue weighted by atomic mass is 9.75. The molecule has 3 heteroatoms. The molecule has 0 radical (unpaired) electrons. The average molecular weight is 241 g/mol. The van der Waals surface area contributed by atoms with Crippen molar-refractivity contribution in [2.24, 2.45) is 11.7 Å². The Morgan fingerprint density at radius 2 is 1.82 bits per heavy atom. The Kier molecular flexibility index (Phi) is 2.94. The molecule has 2 saturated carbocycles. The second kappa shape index (κ2) is 4.20. The summed E-state index contributed by atoms with van der Waals surface area (Å²) >= 11 is 0. The molecular formula is C14H24FNO. The molecule has 0 bridgehead atoms. The highest BCUT2D eigenvalue weighted by Gasteiger charge is 2.50. The van der Waals surface area contributed by atoms with Gasteiger partial charge in [0, 0.05) is 12.6 Å². The third-order valence-corrected chi connectivity index (χ3v) is 5.27. The lowest BCUT2D eigenvalue weighted by Crippen LogP contribution is -2.44. The molecule has 17 heavy (non-hydrogen) atoms. The lowest BCUT2D eigenvalue weighted by Gasteiger charge is -2.43. The van der Waals surface area contributed by atoms with Gasteiger partial charge in [0.05, 0.1) is 5.60 Å². The van der Waals surface area contributed by atoms with Gasteiger partial charge in [-0.3, -0.25) is 0 Å². The van der Waals surface area contributed by atoms with E-state index in [9.17, 15) is 4.39 Å². The summed E-state index contributed by atoms with van der Waals surface area (Å²) in [6.07, 6.45) is 8.75. The molecule has 2 N–H and O–H groups in total. The smallest absolute Gasteiger partial charge is 0.115 e. The van der Waals surface area contributed by atoms with Crippen LogP contribution >= 0.6 is 0 Å². The highest BCUT2D eigenvalue weighted by atomic mass is 19.1. The van der Waals surface area contributed by atoms with Crippen molar-refractivity contribution in [2.75, 3.05) is 6.61 Å². The molecule has 98 valence electrons. The zero-order valence-corrected chi connectivity index (χ0v) is 10.6. The van der Waals surface area contributed by atoms with Crippen molar-refractivity contribution in [3.05, 3.63) is 0 Å². The standard InChI is InChI=1S/C14H24FNO/c15-14(7-3-12(16)10-14)11-4-8-17-13(9-11)5-1-2-6-13/h11-12H,1-10,16H2. The minimum Gasteiger partial charge on any atom is -0.375 e. The van der Waals surface area contributed by atoms with Crippen LogP contribution in [0.25, 0.3) is 0 Å². The summed E-state index contributed by atoms with van der Waals surface area (Å²) in [4.78, 5) is 0. The molecule has 1 spiro atoms. The summed E-state index contributed by atoms with van der Waals surface area (Å²) in [5.41, 5.74) is 4.94. The fraction of sp³-hybridized carbons (Fsp3) is 1.00. The van der Waals surface area contributed by atoms with E-state index in [0.29, 0.717) is 12.8 Å². The van der Waals surface area contributed by atoms with E-state index in [2.05, 4.69) is 0 Å². The Bertz CT molecular complexity index is 290. The predicted molar refractivity (Wildman–Crippen MR) is 65.5 cm³/mol. The molecule has 1 aliphatic heterocycles. The van der Waals surface area contributed by atoms with Gasteiger partial charge < -0.3 is 10.5 Å². The van der Waals surface area contributed by atoms with E-state index in [1.54, 1.807) is 0 Å². The van der Waals surface area contributed by atoms with Crippen molar-refractivity contribution in [3.8, 4) is 0 Å². The van der Waals surface area contributed by atoms with Crippen LogP contribution in [0.4, 0.5) is 4.39 Å². The number of hydrogen-bond donors (Lipinski definition) is 1. The molecule has 3 fully saturated rings. The van der Waals surface area contributed by atoms with Gasteiger partial charge in [0.2, 0.25) is 0 Å². The summed E-state index contributed by atoms with van der Waals surface area (Å²) in [7, 11) is 0. The van der Waals surface area contributed by atoms with E-state index < -0.39 is 5.67 Å². The Morgan fingerprint density at radius 1 is 1.06 bits per heavy atom. The fourth-order valence-corrected chi connectivity index (χ4v) is 4.27. The first-order valence-corrected chi connectivity index (χ1v) is 7.20. The molecule has 3 rings (SSSR count). The molecule has 0 amide bonds. The maximum atomic E-state index is 14.9. The third-order valence-electron chi connectivity index (χ3n) is 5.27. The topological polar surface area (TPSA) is 35.2 Å². The van der Waals surface area contributed by atoms with Crippen LogP contribution in [0.3, 0.4) is 0 Å². The highest BCUT2D eigenvalue weighted by molar-refractivity contribution is 5.02. The maximum absolute atomic E-state index is 14.9. The van der Waals surface area contributed by atoms with Crippen LogP contribution in [-0.2, 0) is 4.74 Å². The first-order valence-electron chi connectivity index (χ1n) is 7.20. The first kappa shape index (κ1) is 11.9. The lowest BCUT2D eigenvalue weighted by molar-refractivity contribution is -0.120. The molecule has 1 saturated heterocycles.